The molecule has 0 aliphatic heterocycles. The summed E-state index contributed by atoms with van der Waals surface area (Å²) in [6.45, 7) is 8.09. The Morgan fingerprint density at radius 1 is 1.28 bits per heavy atom. The largest absolute Gasteiger partial charge is 0.328 e. The third-order valence-electron chi connectivity index (χ3n) is 3.16. The Morgan fingerprint density at radius 3 is 2.22 bits per heavy atom. The van der Waals surface area contributed by atoms with Crippen LogP contribution in [0.25, 0.3) is 0 Å². The molecule has 1 unspecified atom stereocenters. The van der Waals surface area contributed by atoms with Gasteiger partial charge in [0.05, 0.1) is 0 Å². The van der Waals surface area contributed by atoms with Crippen molar-refractivity contribution in [2.45, 2.75) is 46.6 Å². The molecular formula is C15H24N2O. The lowest BCUT2D eigenvalue weighted by Gasteiger charge is -2.23. The van der Waals surface area contributed by atoms with Gasteiger partial charge in [-0.25, -0.2) is 0 Å². The molecule has 0 saturated heterocycles. The second kappa shape index (κ2) is 6.01. The highest BCUT2D eigenvalue weighted by Gasteiger charge is 2.15. The van der Waals surface area contributed by atoms with E-state index in [4.69, 9.17) is 5.73 Å². The number of nitrogens with zero attached hydrogens (tertiary/aromatic N) is 1. The maximum absolute atomic E-state index is 12.1. The van der Waals surface area contributed by atoms with E-state index in [-0.39, 0.29) is 11.9 Å². The molecule has 0 aromatic heterocycles. The minimum Gasteiger partial charge on any atom is -0.328 e. The lowest BCUT2D eigenvalue weighted by atomic mass is 10.0. The third-order valence-corrected chi connectivity index (χ3v) is 3.16. The highest BCUT2D eigenvalue weighted by molar-refractivity contribution is 5.94. The van der Waals surface area contributed by atoms with Crippen LogP contribution in [0.15, 0.2) is 12.1 Å². The van der Waals surface area contributed by atoms with Crippen LogP contribution in [0, 0.1) is 20.8 Å². The average Bonchev–Trinajstić information content (AvgIpc) is 2.24. The SMILES string of the molecule is Cc1cc(C)c(N(C)C(=O)CCC(C)N)c(C)c1. The molecule has 0 aliphatic carbocycles. The molecule has 0 radical (unpaired) electrons. The van der Waals surface area contributed by atoms with Gasteiger partial charge in [-0.3, -0.25) is 4.79 Å². The van der Waals surface area contributed by atoms with E-state index in [0.717, 1.165) is 23.2 Å². The van der Waals surface area contributed by atoms with Crippen molar-refractivity contribution in [3.8, 4) is 0 Å². The molecule has 0 aliphatic rings. The maximum atomic E-state index is 12.1. The first-order valence-electron chi connectivity index (χ1n) is 6.43. The molecule has 100 valence electrons. The van der Waals surface area contributed by atoms with Gasteiger partial charge in [0.1, 0.15) is 0 Å². The number of rotatable bonds is 4. The second-order valence-corrected chi connectivity index (χ2v) is 5.22. The highest BCUT2D eigenvalue weighted by Crippen LogP contribution is 2.25. The Balaban J connectivity index is 2.90. The van der Waals surface area contributed by atoms with E-state index in [1.165, 1.54) is 5.56 Å². The summed E-state index contributed by atoms with van der Waals surface area (Å²) in [6.07, 6.45) is 1.23. The van der Waals surface area contributed by atoms with Crippen molar-refractivity contribution < 1.29 is 4.79 Å². The molecule has 1 amide bonds. The number of carbonyl (C=O) groups is 1. The molecule has 3 heteroatoms. The minimum absolute atomic E-state index is 0.0718. The Bertz CT molecular complexity index is 415. The summed E-state index contributed by atoms with van der Waals surface area (Å²) < 4.78 is 0. The summed E-state index contributed by atoms with van der Waals surface area (Å²) in [5.74, 6) is 0.127. The van der Waals surface area contributed by atoms with E-state index < -0.39 is 0 Å². The molecule has 0 saturated carbocycles. The second-order valence-electron chi connectivity index (χ2n) is 5.22. The predicted molar refractivity (Wildman–Crippen MR) is 76.9 cm³/mol. The molecule has 0 spiro atoms. The van der Waals surface area contributed by atoms with Crippen LogP contribution in [0.2, 0.25) is 0 Å². The number of hydrogen-bond acceptors (Lipinski definition) is 2. The van der Waals surface area contributed by atoms with E-state index >= 15 is 0 Å². The molecular weight excluding hydrogens is 224 g/mol. The lowest BCUT2D eigenvalue weighted by molar-refractivity contribution is -0.118. The summed E-state index contributed by atoms with van der Waals surface area (Å²) in [5, 5.41) is 0. The Labute approximate surface area is 110 Å². The third kappa shape index (κ3) is 3.57. The van der Waals surface area contributed by atoms with Crippen molar-refractivity contribution in [2.24, 2.45) is 5.73 Å². The first-order chi connectivity index (χ1) is 8.32. The molecule has 1 aromatic rings. The number of aryl methyl sites for hydroxylation is 3. The van der Waals surface area contributed by atoms with Gasteiger partial charge in [0, 0.05) is 25.2 Å². The summed E-state index contributed by atoms with van der Waals surface area (Å²) in [4.78, 5) is 13.9. The predicted octanol–water partition coefficient (Wildman–Crippen LogP) is 2.70. The zero-order valence-electron chi connectivity index (χ0n) is 12.1. The van der Waals surface area contributed by atoms with Crippen molar-refractivity contribution in [1.82, 2.24) is 0 Å². The fourth-order valence-electron chi connectivity index (χ4n) is 2.35. The summed E-state index contributed by atoms with van der Waals surface area (Å²) in [5.41, 5.74) is 10.2. The standard InChI is InChI=1S/C15H24N2O/c1-10-8-11(2)15(12(3)9-10)17(5)14(18)7-6-13(4)16/h8-9,13H,6-7,16H2,1-5H3. The first kappa shape index (κ1) is 14.7. The van der Waals surface area contributed by atoms with Crippen LogP contribution in [0.3, 0.4) is 0 Å². The number of anilines is 1. The van der Waals surface area contributed by atoms with Crippen LogP contribution in [0.1, 0.15) is 36.5 Å². The van der Waals surface area contributed by atoms with Gasteiger partial charge in [0.25, 0.3) is 0 Å². The number of benzene rings is 1. The van der Waals surface area contributed by atoms with Gasteiger partial charge in [-0.1, -0.05) is 17.7 Å². The molecule has 0 fully saturated rings. The maximum Gasteiger partial charge on any atom is 0.226 e. The minimum atomic E-state index is 0.0718. The monoisotopic (exact) mass is 248 g/mol. The van der Waals surface area contributed by atoms with Crippen LogP contribution in [-0.4, -0.2) is 19.0 Å². The summed E-state index contributed by atoms with van der Waals surface area (Å²) in [7, 11) is 1.84. The van der Waals surface area contributed by atoms with Gasteiger partial charge in [0.15, 0.2) is 0 Å². The number of amides is 1. The van der Waals surface area contributed by atoms with Gasteiger partial charge in [-0.15, -0.1) is 0 Å². The fraction of sp³-hybridized carbons (Fsp3) is 0.533. The lowest BCUT2D eigenvalue weighted by Crippen LogP contribution is -2.29. The molecule has 2 N–H and O–H groups in total. The smallest absolute Gasteiger partial charge is 0.226 e. The molecule has 1 atom stereocenters. The summed E-state index contributed by atoms with van der Waals surface area (Å²) >= 11 is 0. The van der Waals surface area contributed by atoms with Crippen LogP contribution in [0.4, 0.5) is 5.69 Å². The molecule has 1 rings (SSSR count). The topological polar surface area (TPSA) is 46.3 Å². The van der Waals surface area contributed by atoms with Crippen molar-refractivity contribution in [1.29, 1.82) is 0 Å². The Morgan fingerprint density at radius 2 is 1.78 bits per heavy atom. The normalized spacial score (nSPS) is 12.3. The quantitative estimate of drug-likeness (QED) is 0.890. The summed E-state index contributed by atoms with van der Waals surface area (Å²) in [6, 6.07) is 4.29. The van der Waals surface area contributed by atoms with Crippen LogP contribution < -0.4 is 10.6 Å². The molecule has 3 nitrogen and oxygen atoms in total. The number of carbonyl (C=O) groups excluding carboxylic acids is 1. The van der Waals surface area contributed by atoms with Crippen LogP contribution in [-0.2, 0) is 4.79 Å². The highest BCUT2D eigenvalue weighted by atomic mass is 16.2. The molecule has 18 heavy (non-hydrogen) atoms. The van der Waals surface area contributed by atoms with E-state index in [1.807, 2.05) is 27.8 Å². The van der Waals surface area contributed by atoms with Gasteiger partial charge >= 0.3 is 0 Å². The first-order valence-corrected chi connectivity index (χ1v) is 6.43. The van der Waals surface area contributed by atoms with Crippen LogP contribution >= 0.6 is 0 Å². The molecule has 0 heterocycles. The van der Waals surface area contributed by atoms with Gasteiger partial charge in [0.2, 0.25) is 5.91 Å². The Hall–Kier alpha value is -1.35. The van der Waals surface area contributed by atoms with E-state index in [9.17, 15) is 4.79 Å². The molecule has 0 bridgehead atoms. The number of hydrogen-bond donors (Lipinski definition) is 1. The van der Waals surface area contributed by atoms with Gasteiger partial charge in [-0.2, -0.15) is 0 Å². The van der Waals surface area contributed by atoms with Crippen molar-refractivity contribution in [3.05, 3.63) is 28.8 Å². The van der Waals surface area contributed by atoms with Gasteiger partial charge in [-0.05, 0) is 45.2 Å². The fourth-order valence-corrected chi connectivity index (χ4v) is 2.35. The van der Waals surface area contributed by atoms with Crippen molar-refractivity contribution in [2.75, 3.05) is 11.9 Å². The Kier molecular flexibility index (Phi) is 4.91. The van der Waals surface area contributed by atoms with Crippen molar-refractivity contribution >= 4 is 11.6 Å². The zero-order chi connectivity index (χ0) is 13.9. The average molecular weight is 248 g/mol. The van der Waals surface area contributed by atoms with Crippen LogP contribution in [0.5, 0.6) is 0 Å². The van der Waals surface area contributed by atoms with Gasteiger partial charge < -0.3 is 10.6 Å². The zero-order valence-corrected chi connectivity index (χ0v) is 12.1. The van der Waals surface area contributed by atoms with Crippen molar-refractivity contribution in [3.63, 3.8) is 0 Å². The molecule has 1 aromatic carbocycles. The van der Waals surface area contributed by atoms with E-state index in [0.29, 0.717) is 6.42 Å². The van der Waals surface area contributed by atoms with E-state index in [1.54, 1.807) is 4.90 Å². The van der Waals surface area contributed by atoms with E-state index in [2.05, 4.69) is 19.1 Å². The number of nitrogens with two attached hydrogens (primary N) is 1.